The average molecular weight is 494 g/mol. The second kappa shape index (κ2) is 13.8. The van der Waals surface area contributed by atoms with Crippen LogP contribution in [0.4, 0.5) is 17.1 Å². The summed E-state index contributed by atoms with van der Waals surface area (Å²) in [6, 6.07) is 25.2. The first-order valence-corrected chi connectivity index (χ1v) is 12.4. The Labute approximate surface area is 214 Å². The zero-order valence-electron chi connectivity index (χ0n) is 21.3. The van der Waals surface area contributed by atoms with Crippen LogP contribution in [0.5, 0.6) is 0 Å². The molecule has 0 aliphatic heterocycles. The number of benzene rings is 3. The van der Waals surface area contributed by atoms with Crippen LogP contribution in [-0.4, -0.2) is 87.1 Å². The number of nitrogens with zero attached hydrogens (tertiary/aromatic N) is 3. The first-order valence-electron chi connectivity index (χ1n) is 12.4. The highest BCUT2D eigenvalue weighted by Crippen LogP contribution is 2.35. The molecule has 3 aromatic carbocycles. The summed E-state index contributed by atoms with van der Waals surface area (Å²) < 4.78 is 0. The fourth-order valence-corrected chi connectivity index (χ4v) is 4.52. The Morgan fingerprint density at radius 2 is 0.750 bits per heavy atom. The minimum atomic E-state index is 0.0116. The maximum atomic E-state index is 9.40. The Balaban J connectivity index is 1.98. The summed E-state index contributed by atoms with van der Waals surface area (Å²) in [5, 5.41) is 37.6. The lowest BCUT2D eigenvalue weighted by Gasteiger charge is -2.26. The van der Waals surface area contributed by atoms with Crippen molar-refractivity contribution >= 4 is 17.1 Å². The lowest BCUT2D eigenvalue weighted by atomic mass is 9.85. The largest absolute Gasteiger partial charge is 0.395 e. The molecule has 0 aromatic heterocycles. The molecule has 0 fully saturated rings. The smallest absolute Gasteiger partial charge is 0.0606 e. The Kier molecular flexibility index (Phi) is 10.6. The standard InChI is InChI=1S/C29H39N3O4/c1-30(2)26-9-3-23(4-10-26)29(24-5-11-27(12-6-24)31(15-19-33)16-20-34)25-7-13-28(14-8-25)32(17-21-35)18-22-36/h3-14,29,33-36H,15-22H2,1-2H3. The van der Waals surface area contributed by atoms with E-state index in [9.17, 15) is 20.4 Å². The predicted molar refractivity (Wildman–Crippen MR) is 147 cm³/mol. The third-order valence-electron chi connectivity index (χ3n) is 6.41. The molecule has 0 unspecified atom stereocenters. The third-order valence-corrected chi connectivity index (χ3v) is 6.41. The molecular weight excluding hydrogens is 454 g/mol. The molecule has 0 amide bonds. The molecule has 194 valence electrons. The Morgan fingerprint density at radius 1 is 0.472 bits per heavy atom. The van der Waals surface area contributed by atoms with Crippen molar-refractivity contribution in [3.05, 3.63) is 89.5 Å². The fourth-order valence-electron chi connectivity index (χ4n) is 4.52. The van der Waals surface area contributed by atoms with E-state index in [0.29, 0.717) is 26.2 Å². The summed E-state index contributed by atoms with van der Waals surface area (Å²) in [5.41, 5.74) is 6.51. The van der Waals surface area contributed by atoms with Gasteiger partial charge in [-0.15, -0.1) is 0 Å². The summed E-state index contributed by atoms with van der Waals surface area (Å²) >= 11 is 0. The van der Waals surface area contributed by atoms with Crippen molar-refractivity contribution in [2.45, 2.75) is 5.92 Å². The van der Waals surface area contributed by atoms with E-state index in [-0.39, 0.29) is 32.3 Å². The molecule has 0 saturated carbocycles. The lowest BCUT2D eigenvalue weighted by molar-refractivity contribution is 0.280. The van der Waals surface area contributed by atoms with Crippen molar-refractivity contribution in [2.75, 3.05) is 81.4 Å². The van der Waals surface area contributed by atoms with E-state index in [1.165, 1.54) is 5.56 Å². The molecule has 3 aromatic rings. The quantitative estimate of drug-likeness (QED) is 0.257. The topological polar surface area (TPSA) is 90.6 Å². The highest BCUT2D eigenvalue weighted by atomic mass is 16.3. The summed E-state index contributed by atoms with van der Waals surface area (Å²) in [5.74, 6) is 0.0116. The van der Waals surface area contributed by atoms with Gasteiger partial charge in [-0.05, 0) is 53.1 Å². The van der Waals surface area contributed by atoms with Gasteiger partial charge in [0, 0.05) is 63.3 Å². The van der Waals surface area contributed by atoms with Crippen molar-refractivity contribution in [3.63, 3.8) is 0 Å². The molecule has 0 saturated heterocycles. The van der Waals surface area contributed by atoms with Gasteiger partial charge in [-0.2, -0.15) is 0 Å². The van der Waals surface area contributed by atoms with Crippen LogP contribution >= 0.6 is 0 Å². The molecule has 0 spiro atoms. The summed E-state index contributed by atoms with van der Waals surface area (Å²) in [6.45, 7) is 1.97. The van der Waals surface area contributed by atoms with E-state index in [4.69, 9.17) is 0 Å². The molecule has 3 rings (SSSR count). The number of aliphatic hydroxyl groups is 4. The van der Waals surface area contributed by atoms with E-state index in [0.717, 1.165) is 28.2 Å². The average Bonchev–Trinajstić information content (AvgIpc) is 2.90. The maximum absolute atomic E-state index is 9.40. The van der Waals surface area contributed by atoms with Gasteiger partial charge in [0.2, 0.25) is 0 Å². The molecule has 0 radical (unpaired) electrons. The Hall–Kier alpha value is -3.10. The summed E-state index contributed by atoms with van der Waals surface area (Å²) in [4.78, 5) is 6.02. The van der Waals surface area contributed by atoms with Gasteiger partial charge in [-0.25, -0.2) is 0 Å². The number of hydrogen-bond acceptors (Lipinski definition) is 7. The van der Waals surface area contributed by atoms with Gasteiger partial charge in [0.25, 0.3) is 0 Å². The summed E-state index contributed by atoms with van der Waals surface area (Å²) in [6.07, 6.45) is 0. The van der Waals surface area contributed by atoms with Crippen LogP contribution < -0.4 is 14.7 Å². The van der Waals surface area contributed by atoms with E-state index in [2.05, 4.69) is 53.4 Å². The molecule has 36 heavy (non-hydrogen) atoms. The van der Waals surface area contributed by atoms with Crippen molar-refractivity contribution in [2.24, 2.45) is 0 Å². The van der Waals surface area contributed by atoms with Crippen molar-refractivity contribution in [1.29, 1.82) is 0 Å². The molecule has 4 N–H and O–H groups in total. The van der Waals surface area contributed by atoms with Gasteiger partial charge >= 0.3 is 0 Å². The van der Waals surface area contributed by atoms with Crippen molar-refractivity contribution in [3.8, 4) is 0 Å². The van der Waals surface area contributed by atoms with Gasteiger partial charge in [0.05, 0.1) is 26.4 Å². The molecular formula is C29H39N3O4. The highest BCUT2D eigenvalue weighted by molar-refractivity contribution is 5.56. The Morgan fingerprint density at radius 3 is 1.00 bits per heavy atom. The van der Waals surface area contributed by atoms with Crippen molar-refractivity contribution in [1.82, 2.24) is 0 Å². The van der Waals surface area contributed by atoms with Crippen LogP contribution in [0.25, 0.3) is 0 Å². The van der Waals surface area contributed by atoms with Crippen LogP contribution in [0.15, 0.2) is 72.8 Å². The number of hydrogen-bond donors (Lipinski definition) is 4. The monoisotopic (exact) mass is 493 g/mol. The maximum Gasteiger partial charge on any atom is 0.0606 e. The zero-order valence-corrected chi connectivity index (χ0v) is 21.3. The molecule has 7 heteroatoms. The zero-order chi connectivity index (χ0) is 25.9. The minimum Gasteiger partial charge on any atom is -0.395 e. The van der Waals surface area contributed by atoms with Crippen molar-refractivity contribution < 1.29 is 20.4 Å². The van der Waals surface area contributed by atoms with Gasteiger partial charge < -0.3 is 35.1 Å². The molecule has 0 heterocycles. The SMILES string of the molecule is CN(C)c1ccc(C(c2ccc(N(CCO)CCO)cc2)c2ccc(N(CCO)CCO)cc2)cc1. The van der Waals surface area contributed by atoms with Crippen LogP contribution in [0.2, 0.25) is 0 Å². The van der Waals surface area contributed by atoms with E-state index >= 15 is 0 Å². The van der Waals surface area contributed by atoms with E-state index < -0.39 is 0 Å². The van der Waals surface area contributed by atoms with Crippen LogP contribution in [0.1, 0.15) is 22.6 Å². The predicted octanol–water partition coefficient (Wildman–Crippen LogP) is 2.51. The van der Waals surface area contributed by atoms with E-state index in [1.54, 1.807) is 0 Å². The number of anilines is 3. The molecule has 0 atom stereocenters. The number of rotatable bonds is 14. The Bertz CT molecular complexity index is 952. The van der Waals surface area contributed by atoms with Gasteiger partial charge in [-0.1, -0.05) is 36.4 Å². The fraction of sp³-hybridized carbons (Fsp3) is 0.379. The second-order valence-corrected chi connectivity index (χ2v) is 8.97. The molecule has 0 bridgehead atoms. The normalized spacial score (nSPS) is 11.1. The van der Waals surface area contributed by atoms with Gasteiger partial charge in [-0.3, -0.25) is 0 Å². The first kappa shape index (κ1) is 27.5. The molecule has 0 aliphatic rings. The van der Waals surface area contributed by atoms with Gasteiger partial charge in [0.15, 0.2) is 0 Å². The van der Waals surface area contributed by atoms with Gasteiger partial charge in [0.1, 0.15) is 0 Å². The van der Waals surface area contributed by atoms with E-state index in [1.807, 2.05) is 48.2 Å². The lowest BCUT2D eigenvalue weighted by Crippen LogP contribution is -2.29. The first-order chi connectivity index (χ1) is 17.5. The highest BCUT2D eigenvalue weighted by Gasteiger charge is 2.18. The molecule has 0 aliphatic carbocycles. The minimum absolute atomic E-state index is 0.0116. The van der Waals surface area contributed by atoms with Crippen LogP contribution in [0.3, 0.4) is 0 Å². The second-order valence-electron chi connectivity index (χ2n) is 8.97. The third kappa shape index (κ3) is 6.98. The molecule has 7 nitrogen and oxygen atoms in total. The van der Waals surface area contributed by atoms with Crippen LogP contribution in [0, 0.1) is 0 Å². The van der Waals surface area contributed by atoms with Crippen LogP contribution in [-0.2, 0) is 0 Å². The number of aliphatic hydroxyl groups excluding tert-OH is 4. The summed E-state index contributed by atoms with van der Waals surface area (Å²) in [7, 11) is 4.05.